The highest BCUT2D eigenvalue weighted by Crippen LogP contribution is 2.21. The molecule has 5 nitrogen and oxygen atoms in total. The third-order valence-corrected chi connectivity index (χ3v) is 2.96. The first kappa shape index (κ1) is 14.7. The van der Waals surface area contributed by atoms with Crippen molar-refractivity contribution in [1.29, 1.82) is 0 Å². The second-order valence-electron chi connectivity index (χ2n) is 4.75. The van der Waals surface area contributed by atoms with Gasteiger partial charge in [-0.2, -0.15) is 0 Å². The SMILES string of the molecule is CCCC(C)(O)CNc1ncnc(NC)c1CC. The number of aromatic nitrogens is 2. The first-order valence-electron chi connectivity index (χ1n) is 6.52. The van der Waals surface area contributed by atoms with Crippen molar-refractivity contribution in [2.24, 2.45) is 0 Å². The molecule has 1 aromatic rings. The second-order valence-corrected chi connectivity index (χ2v) is 4.75. The van der Waals surface area contributed by atoms with Crippen LogP contribution < -0.4 is 10.6 Å². The van der Waals surface area contributed by atoms with Crippen LogP contribution in [-0.2, 0) is 6.42 Å². The van der Waals surface area contributed by atoms with Gasteiger partial charge in [0, 0.05) is 19.2 Å². The van der Waals surface area contributed by atoms with Crippen LogP contribution in [0.5, 0.6) is 0 Å². The van der Waals surface area contributed by atoms with E-state index in [1.165, 1.54) is 6.33 Å². The Morgan fingerprint density at radius 3 is 2.50 bits per heavy atom. The zero-order valence-electron chi connectivity index (χ0n) is 11.7. The van der Waals surface area contributed by atoms with Gasteiger partial charge >= 0.3 is 0 Å². The van der Waals surface area contributed by atoms with Gasteiger partial charge in [0.2, 0.25) is 0 Å². The molecule has 0 aliphatic rings. The minimum Gasteiger partial charge on any atom is -0.388 e. The molecule has 0 aromatic carbocycles. The molecule has 0 saturated carbocycles. The summed E-state index contributed by atoms with van der Waals surface area (Å²) >= 11 is 0. The molecule has 18 heavy (non-hydrogen) atoms. The number of rotatable bonds is 7. The largest absolute Gasteiger partial charge is 0.388 e. The van der Waals surface area contributed by atoms with Crippen LogP contribution in [0.1, 0.15) is 39.2 Å². The summed E-state index contributed by atoms with van der Waals surface area (Å²) in [5.74, 6) is 1.64. The predicted octanol–water partition coefficient (Wildman–Crippen LogP) is 2.04. The first-order valence-corrected chi connectivity index (χ1v) is 6.52. The maximum Gasteiger partial charge on any atom is 0.134 e. The van der Waals surface area contributed by atoms with E-state index in [2.05, 4.69) is 34.4 Å². The minimum atomic E-state index is -0.704. The predicted molar refractivity (Wildman–Crippen MR) is 75.0 cm³/mol. The molecule has 1 heterocycles. The number of hydrogen-bond donors (Lipinski definition) is 3. The molecule has 0 saturated heterocycles. The van der Waals surface area contributed by atoms with E-state index in [-0.39, 0.29) is 0 Å². The van der Waals surface area contributed by atoms with Crippen molar-refractivity contribution in [2.75, 3.05) is 24.2 Å². The van der Waals surface area contributed by atoms with Gasteiger partial charge in [-0.15, -0.1) is 0 Å². The molecule has 1 rings (SSSR count). The number of anilines is 2. The summed E-state index contributed by atoms with van der Waals surface area (Å²) in [5.41, 5.74) is 0.345. The van der Waals surface area contributed by atoms with Gasteiger partial charge in [0.1, 0.15) is 18.0 Å². The lowest BCUT2D eigenvalue weighted by Gasteiger charge is -2.24. The molecular weight excluding hydrogens is 228 g/mol. The van der Waals surface area contributed by atoms with Crippen molar-refractivity contribution < 1.29 is 5.11 Å². The van der Waals surface area contributed by atoms with Crippen molar-refractivity contribution in [3.63, 3.8) is 0 Å². The summed E-state index contributed by atoms with van der Waals surface area (Å²) in [6, 6.07) is 0. The van der Waals surface area contributed by atoms with Crippen LogP contribution in [0, 0.1) is 0 Å². The van der Waals surface area contributed by atoms with E-state index < -0.39 is 5.60 Å². The highest BCUT2D eigenvalue weighted by atomic mass is 16.3. The van der Waals surface area contributed by atoms with E-state index in [1.54, 1.807) is 0 Å². The number of aliphatic hydroxyl groups is 1. The fourth-order valence-corrected chi connectivity index (χ4v) is 2.02. The molecule has 1 atom stereocenters. The van der Waals surface area contributed by atoms with E-state index in [0.29, 0.717) is 6.54 Å². The molecule has 0 fully saturated rings. The smallest absolute Gasteiger partial charge is 0.134 e. The average molecular weight is 252 g/mol. The van der Waals surface area contributed by atoms with E-state index >= 15 is 0 Å². The lowest BCUT2D eigenvalue weighted by Crippen LogP contribution is -2.33. The van der Waals surface area contributed by atoms with Crippen LogP contribution in [0.4, 0.5) is 11.6 Å². The first-order chi connectivity index (χ1) is 8.54. The third-order valence-electron chi connectivity index (χ3n) is 2.96. The molecule has 0 aliphatic carbocycles. The average Bonchev–Trinajstić information content (AvgIpc) is 2.35. The van der Waals surface area contributed by atoms with Gasteiger partial charge in [-0.05, 0) is 19.8 Å². The van der Waals surface area contributed by atoms with Crippen LogP contribution in [0.3, 0.4) is 0 Å². The summed E-state index contributed by atoms with van der Waals surface area (Å²) in [5, 5.41) is 16.4. The Morgan fingerprint density at radius 1 is 1.28 bits per heavy atom. The van der Waals surface area contributed by atoms with E-state index in [1.807, 2.05) is 14.0 Å². The second kappa shape index (κ2) is 6.54. The fourth-order valence-electron chi connectivity index (χ4n) is 2.02. The molecule has 0 bridgehead atoms. The Balaban J connectivity index is 2.78. The highest BCUT2D eigenvalue weighted by molar-refractivity contribution is 5.57. The molecule has 3 N–H and O–H groups in total. The van der Waals surface area contributed by atoms with Crippen molar-refractivity contribution in [3.05, 3.63) is 11.9 Å². The molecule has 0 radical (unpaired) electrons. The zero-order valence-corrected chi connectivity index (χ0v) is 11.7. The van der Waals surface area contributed by atoms with Crippen LogP contribution in [0.2, 0.25) is 0 Å². The highest BCUT2D eigenvalue weighted by Gasteiger charge is 2.19. The Morgan fingerprint density at radius 2 is 1.94 bits per heavy atom. The maximum atomic E-state index is 10.1. The number of nitrogens with zero attached hydrogens (tertiary/aromatic N) is 2. The lowest BCUT2D eigenvalue weighted by molar-refractivity contribution is 0.0636. The van der Waals surface area contributed by atoms with Gasteiger partial charge in [0.15, 0.2) is 0 Å². The molecular formula is C13H24N4O. The fraction of sp³-hybridized carbons (Fsp3) is 0.692. The molecule has 0 aliphatic heterocycles. The number of hydrogen-bond acceptors (Lipinski definition) is 5. The summed E-state index contributed by atoms with van der Waals surface area (Å²) in [6.07, 6.45) is 4.10. The van der Waals surface area contributed by atoms with Crippen LogP contribution in [0.15, 0.2) is 6.33 Å². The number of nitrogens with one attached hydrogen (secondary N) is 2. The summed E-state index contributed by atoms with van der Waals surface area (Å²) in [6.45, 7) is 6.47. The normalized spacial score (nSPS) is 14.1. The molecule has 0 spiro atoms. The van der Waals surface area contributed by atoms with Crippen molar-refractivity contribution >= 4 is 11.6 Å². The molecule has 5 heteroatoms. The Bertz CT molecular complexity index is 379. The Kier molecular flexibility index (Phi) is 5.34. The minimum absolute atomic E-state index is 0.494. The molecule has 1 unspecified atom stereocenters. The van der Waals surface area contributed by atoms with Gasteiger partial charge in [-0.1, -0.05) is 20.3 Å². The van der Waals surface area contributed by atoms with E-state index in [4.69, 9.17) is 0 Å². The van der Waals surface area contributed by atoms with Crippen molar-refractivity contribution in [2.45, 2.75) is 45.6 Å². The Hall–Kier alpha value is -1.36. The van der Waals surface area contributed by atoms with E-state index in [9.17, 15) is 5.11 Å². The monoisotopic (exact) mass is 252 g/mol. The lowest BCUT2D eigenvalue weighted by atomic mass is 10.0. The summed E-state index contributed by atoms with van der Waals surface area (Å²) in [7, 11) is 1.85. The van der Waals surface area contributed by atoms with Crippen LogP contribution >= 0.6 is 0 Å². The van der Waals surface area contributed by atoms with Crippen molar-refractivity contribution in [1.82, 2.24) is 9.97 Å². The van der Waals surface area contributed by atoms with Gasteiger partial charge in [-0.3, -0.25) is 0 Å². The van der Waals surface area contributed by atoms with Crippen LogP contribution in [0.25, 0.3) is 0 Å². The van der Waals surface area contributed by atoms with Gasteiger partial charge in [-0.25, -0.2) is 9.97 Å². The summed E-state index contributed by atoms with van der Waals surface area (Å²) in [4.78, 5) is 8.43. The quantitative estimate of drug-likeness (QED) is 0.693. The molecule has 1 aromatic heterocycles. The van der Waals surface area contributed by atoms with E-state index in [0.717, 1.165) is 36.5 Å². The maximum absolute atomic E-state index is 10.1. The van der Waals surface area contributed by atoms with Crippen LogP contribution in [-0.4, -0.2) is 34.3 Å². The standard InChI is InChI=1S/C13H24N4O/c1-5-7-13(3,18)8-15-12-10(6-2)11(14-4)16-9-17-12/h9,18H,5-8H2,1-4H3,(H2,14,15,16,17). The van der Waals surface area contributed by atoms with Crippen molar-refractivity contribution in [3.8, 4) is 0 Å². The Labute approximate surface area is 109 Å². The topological polar surface area (TPSA) is 70.1 Å². The van der Waals surface area contributed by atoms with Gasteiger partial charge < -0.3 is 15.7 Å². The van der Waals surface area contributed by atoms with Gasteiger partial charge in [0.25, 0.3) is 0 Å². The third kappa shape index (κ3) is 3.84. The molecule has 102 valence electrons. The zero-order chi connectivity index (χ0) is 13.6. The van der Waals surface area contributed by atoms with Gasteiger partial charge in [0.05, 0.1) is 5.60 Å². The summed E-state index contributed by atoms with van der Waals surface area (Å²) < 4.78 is 0. The molecule has 0 amide bonds.